The quantitative estimate of drug-likeness (QED) is 0.841. The maximum absolute atomic E-state index is 12.2. The van der Waals surface area contributed by atoms with Gasteiger partial charge in [0.2, 0.25) is 0 Å². The molecule has 0 aromatic heterocycles. The molecule has 0 fully saturated rings. The molecule has 0 unspecified atom stereocenters. The predicted octanol–water partition coefficient (Wildman–Crippen LogP) is 1.76. The van der Waals surface area contributed by atoms with Crippen LogP contribution >= 0.6 is 0 Å². The van der Waals surface area contributed by atoms with Gasteiger partial charge in [-0.2, -0.15) is 0 Å². The van der Waals surface area contributed by atoms with Crippen LogP contribution in [0, 0.1) is 13.8 Å². The maximum atomic E-state index is 12.2. The van der Waals surface area contributed by atoms with Crippen LogP contribution in [0.1, 0.15) is 28.4 Å². The van der Waals surface area contributed by atoms with Crippen LogP contribution in [0.3, 0.4) is 0 Å². The van der Waals surface area contributed by atoms with Crippen LogP contribution in [0.15, 0.2) is 18.2 Å². The van der Waals surface area contributed by atoms with Crippen LogP contribution in [0.25, 0.3) is 0 Å². The van der Waals surface area contributed by atoms with E-state index in [-0.39, 0.29) is 12.5 Å². The molecule has 16 heavy (non-hydrogen) atoms. The average Bonchev–Trinajstić information content (AvgIpc) is 2.25. The van der Waals surface area contributed by atoms with Crippen molar-refractivity contribution in [3.63, 3.8) is 0 Å². The second kappa shape index (κ2) is 5.66. The van der Waals surface area contributed by atoms with Crippen molar-refractivity contribution < 1.29 is 9.90 Å². The lowest BCUT2D eigenvalue weighted by molar-refractivity contribution is 0.0730. The number of aliphatic hydroxyl groups excluding tert-OH is 1. The van der Waals surface area contributed by atoms with E-state index in [2.05, 4.69) is 0 Å². The van der Waals surface area contributed by atoms with Gasteiger partial charge in [-0.3, -0.25) is 4.79 Å². The highest BCUT2D eigenvalue weighted by molar-refractivity contribution is 5.97. The predicted molar refractivity (Wildman–Crippen MR) is 64.6 cm³/mol. The minimum Gasteiger partial charge on any atom is -0.395 e. The summed E-state index contributed by atoms with van der Waals surface area (Å²) in [4.78, 5) is 13.9. The molecule has 0 radical (unpaired) electrons. The molecular formula is C13H19NO2. The third-order valence-electron chi connectivity index (χ3n) is 2.73. The number of hydrogen-bond acceptors (Lipinski definition) is 2. The van der Waals surface area contributed by atoms with Crippen molar-refractivity contribution >= 4 is 5.91 Å². The molecule has 0 saturated carbocycles. The third kappa shape index (κ3) is 2.61. The smallest absolute Gasteiger partial charge is 0.254 e. The summed E-state index contributed by atoms with van der Waals surface area (Å²) < 4.78 is 0. The summed E-state index contributed by atoms with van der Waals surface area (Å²) >= 11 is 0. The highest BCUT2D eigenvalue weighted by Gasteiger charge is 2.17. The van der Waals surface area contributed by atoms with Gasteiger partial charge in [-0.25, -0.2) is 0 Å². The molecule has 3 nitrogen and oxygen atoms in total. The van der Waals surface area contributed by atoms with Crippen LogP contribution in [0.2, 0.25) is 0 Å². The summed E-state index contributed by atoms with van der Waals surface area (Å²) in [5.74, 6) is 0.00662. The summed E-state index contributed by atoms with van der Waals surface area (Å²) in [7, 11) is 0. The Kier molecular flexibility index (Phi) is 4.50. The number of aliphatic hydroxyl groups is 1. The number of rotatable bonds is 4. The molecule has 0 atom stereocenters. The van der Waals surface area contributed by atoms with E-state index in [1.807, 2.05) is 39.0 Å². The lowest BCUT2D eigenvalue weighted by Gasteiger charge is -2.21. The second-order valence-electron chi connectivity index (χ2n) is 3.88. The molecule has 0 aliphatic rings. The Bertz CT molecular complexity index is 354. The summed E-state index contributed by atoms with van der Waals surface area (Å²) in [6.07, 6.45) is 0. The van der Waals surface area contributed by atoms with Crippen molar-refractivity contribution in [2.24, 2.45) is 0 Å². The minimum absolute atomic E-state index is 0.00447. The number of nitrogens with zero attached hydrogens (tertiary/aromatic N) is 1. The van der Waals surface area contributed by atoms with Crippen LogP contribution in [0.5, 0.6) is 0 Å². The fraction of sp³-hybridized carbons (Fsp3) is 0.462. The minimum atomic E-state index is 0.00447. The van der Waals surface area contributed by atoms with Crippen molar-refractivity contribution in [2.75, 3.05) is 19.7 Å². The van der Waals surface area contributed by atoms with Crippen molar-refractivity contribution in [1.82, 2.24) is 4.90 Å². The average molecular weight is 221 g/mol. The molecule has 0 saturated heterocycles. The highest BCUT2D eigenvalue weighted by Crippen LogP contribution is 2.15. The zero-order valence-corrected chi connectivity index (χ0v) is 10.2. The molecule has 1 rings (SSSR count). The van der Waals surface area contributed by atoms with Crippen LogP contribution in [-0.4, -0.2) is 35.6 Å². The second-order valence-corrected chi connectivity index (χ2v) is 3.88. The summed E-state index contributed by atoms with van der Waals surface area (Å²) in [5.41, 5.74) is 2.74. The molecule has 0 aliphatic heterocycles. The summed E-state index contributed by atoms with van der Waals surface area (Å²) in [6.45, 7) is 6.81. The summed E-state index contributed by atoms with van der Waals surface area (Å²) in [6, 6.07) is 5.82. The Morgan fingerprint density at radius 1 is 1.31 bits per heavy atom. The Hall–Kier alpha value is -1.35. The first-order valence-electron chi connectivity index (χ1n) is 5.58. The number of likely N-dealkylation sites (N-methyl/N-ethyl adjacent to an activating group) is 1. The molecule has 1 aromatic carbocycles. The highest BCUT2D eigenvalue weighted by atomic mass is 16.3. The van der Waals surface area contributed by atoms with Gasteiger partial charge in [0.25, 0.3) is 5.91 Å². The van der Waals surface area contributed by atoms with E-state index in [1.165, 1.54) is 0 Å². The van der Waals surface area contributed by atoms with Gasteiger partial charge >= 0.3 is 0 Å². The summed E-state index contributed by atoms with van der Waals surface area (Å²) in [5, 5.41) is 8.91. The molecule has 1 N–H and O–H groups in total. The van der Waals surface area contributed by atoms with E-state index in [0.29, 0.717) is 13.1 Å². The molecule has 0 spiro atoms. The van der Waals surface area contributed by atoms with E-state index in [9.17, 15) is 4.79 Å². The van der Waals surface area contributed by atoms with E-state index in [0.717, 1.165) is 16.7 Å². The lowest BCUT2D eigenvalue weighted by Crippen LogP contribution is -2.34. The van der Waals surface area contributed by atoms with Crippen LogP contribution < -0.4 is 0 Å². The fourth-order valence-corrected chi connectivity index (χ4v) is 1.83. The van der Waals surface area contributed by atoms with Gasteiger partial charge in [0.05, 0.1) is 6.61 Å². The number of carbonyl (C=O) groups is 1. The number of benzene rings is 1. The molecular weight excluding hydrogens is 202 g/mol. The standard InChI is InChI=1S/C13H19NO2/c1-4-14(8-9-15)13(16)12-10(2)6-5-7-11(12)3/h5-7,15H,4,8-9H2,1-3H3. The van der Waals surface area contributed by atoms with Gasteiger partial charge in [0.1, 0.15) is 0 Å². The molecule has 3 heteroatoms. The number of carbonyl (C=O) groups excluding carboxylic acids is 1. The van der Waals surface area contributed by atoms with Crippen LogP contribution in [0.4, 0.5) is 0 Å². The molecule has 88 valence electrons. The molecule has 0 aliphatic carbocycles. The lowest BCUT2D eigenvalue weighted by atomic mass is 10.0. The maximum Gasteiger partial charge on any atom is 0.254 e. The van der Waals surface area contributed by atoms with Gasteiger partial charge < -0.3 is 10.0 Å². The monoisotopic (exact) mass is 221 g/mol. The van der Waals surface area contributed by atoms with Crippen molar-refractivity contribution in [3.8, 4) is 0 Å². The van der Waals surface area contributed by atoms with Crippen molar-refractivity contribution in [3.05, 3.63) is 34.9 Å². The Morgan fingerprint density at radius 2 is 1.88 bits per heavy atom. The fourth-order valence-electron chi connectivity index (χ4n) is 1.83. The van der Waals surface area contributed by atoms with Crippen molar-refractivity contribution in [1.29, 1.82) is 0 Å². The molecule has 0 bridgehead atoms. The normalized spacial score (nSPS) is 10.2. The first-order valence-corrected chi connectivity index (χ1v) is 5.58. The van der Waals surface area contributed by atoms with Gasteiger partial charge in [-0.05, 0) is 31.9 Å². The number of aryl methyl sites for hydroxylation is 2. The molecule has 0 heterocycles. The molecule has 1 aromatic rings. The van der Waals surface area contributed by atoms with E-state index in [4.69, 9.17) is 5.11 Å². The zero-order chi connectivity index (χ0) is 12.1. The zero-order valence-electron chi connectivity index (χ0n) is 10.2. The third-order valence-corrected chi connectivity index (χ3v) is 2.73. The Balaban J connectivity index is 3.03. The SMILES string of the molecule is CCN(CCO)C(=O)c1c(C)cccc1C. The topological polar surface area (TPSA) is 40.5 Å². The van der Waals surface area contributed by atoms with E-state index in [1.54, 1.807) is 4.90 Å². The van der Waals surface area contributed by atoms with Crippen LogP contribution in [-0.2, 0) is 0 Å². The number of amides is 1. The largest absolute Gasteiger partial charge is 0.395 e. The first kappa shape index (κ1) is 12.7. The van der Waals surface area contributed by atoms with E-state index < -0.39 is 0 Å². The van der Waals surface area contributed by atoms with Gasteiger partial charge in [0, 0.05) is 18.7 Å². The number of hydrogen-bond donors (Lipinski definition) is 1. The van der Waals surface area contributed by atoms with Gasteiger partial charge in [0.15, 0.2) is 0 Å². The van der Waals surface area contributed by atoms with Gasteiger partial charge in [-0.1, -0.05) is 18.2 Å². The first-order chi connectivity index (χ1) is 7.61. The molecule has 1 amide bonds. The Labute approximate surface area is 96.7 Å². The Morgan fingerprint density at radius 3 is 2.31 bits per heavy atom. The van der Waals surface area contributed by atoms with Crippen molar-refractivity contribution in [2.45, 2.75) is 20.8 Å². The van der Waals surface area contributed by atoms with Gasteiger partial charge in [-0.15, -0.1) is 0 Å². The van der Waals surface area contributed by atoms with E-state index >= 15 is 0 Å².